The molecule has 7 heteroatoms. The van der Waals surface area contributed by atoms with Crippen molar-refractivity contribution in [2.45, 2.75) is 16.1 Å². The number of sulfone groups is 1. The first-order valence-corrected chi connectivity index (χ1v) is 9.57. The van der Waals surface area contributed by atoms with Crippen molar-refractivity contribution in [1.29, 1.82) is 0 Å². The number of benzene rings is 2. The molecule has 0 heterocycles. The number of nitrogens with two attached hydrogens (primary N) is 1. The Morgan fingerprint density at radius 1 is 0.957 bits per heavy atom. The average Bonchev–Trinajstić information content (AvgIpc) is 3.25. The molecular weight excluding hydrogens is 373 g/mol. The molecule has 3 rings (SSSR count). The van der Waals surface area contributed by atoms with Gasteiger partial charge in [0, 0.05) is 21.9 Å². The minimum Gasteiger partial charge on any atom is -0.393 e. The van der Waals surface area contributed by atoms with Gasteiger partial charge in [-0.1, -0.05) is 47.6 Å². The first-order chi connectivity index (χ1) is 10.8. The molecule has 1 fully saturated rings. The maximum absolute atomic E-state index is 12.9. The second kappa shape index (κ2) is 6.06. The van der Waals surface area contributed by atoms with E-state index in [1.165, 1.54) is 12.1 Å². The van der Waals surface area contributed by atoms with E-state index < -0.39 is 15.1 Å². The van der Waals surface area contributed by atoms with Crippen molar-refractivity contribution in [1.82, 2.24) is 0 Å². The maximum atomic E-state index is 12.9. The highest BCUT2D eigenvalue weighted by Gasteiger charge is 2.60. The van der Waals surface area contributed by atoms with Gasteiger partial charge in [0.05, 0.1) is 15.1 Å². The summed E-state index contributed by atoms with van der Waals surface area (Å²) in [6, 6.07) is 13.2. The first-order valence-electron chi connectivity index (χ1n) is 6.86. The van der Waals surface area contributed by atoms with E-state index in [-0.39, 0.29) is 21.7 Å². The van der Waals surface area contributed by atoms with Crippen LogP contribution in [0.2, 0.25) is 10.0 Å². The largest absolute Gasteiger partial charge is 0.393 e. The molecule has 1 aliphatic carbocycles. The molecule has 1 aliphatic rings. The molecule has 2 aromatic rings. The summed E-state index contributed by atoms with van der Waals surface area (Å²) in [7, 11) is -3.54. The van der Waals surface area contributed by atoms with E-state index in [9.17, 15) is 8.42 Å². The van der Waals surface area contributed by atoms with E-state index in [0.29, 0.717) is 10.0 Å². The van der Waals surface area contributed by atoms with Crippen molar-refractivity contribution in [3.63, 3.8) is 0 Å². The van der Waals surface area contributed by atoms with Gasteiger partial charge in [-0.3, -0.25) is 0 Å². The maximum Gasteiger partial charge on any atom is 0.182 e. The summed E-state index contributed by atoms with van der Waals surface area (Å²) in [6.07, 6.45) is 0. The standard InChI is InChI=1S/C16H13Cl2NO2S2/c17-10-3-1-9(2-4-10)13-14(16(19)22)15(13)23(20,21)12-7-5-11(18)6-8-12/h1-8,13-15H,(H2,19,22)/t13-,14-,15-/m0/s1. The predicted octanol–water partition coefficient (Wildman–Crippen LogP) is 3.84. The quantitative estimate of drug-likeness (QED) is 0.812. The highest BCUT2D eigenvalue weighted by molar-refractivity contribution is 7.92. The van der Waals surface area contributed by atoms with Gasteiger partial charge >= 0.3 is 0 Å². The molecule has 0 radical (unpaired) electrons. The second-order valence-electron chi connectivity index (χ2n) is 5.47. The summed E-state index contributed by atoms with van der Waals surface area (Å²) in [4.78, 5) is 0.442. The lowest BCUT2D eigenvalue weighted by Gasteiger charge is -2.04. The molecule has 0 amide bonds. The van der Waals surface area contributed by atoms with Crippen molar-refractivity contribution in [2.75, 3.05) is 0 Å². The van der Waals surface area contributed by atoms with E-state index in [4.69, 9.17) is 41.2 Å². The number of thiocarbonyl (C=S) groups is 1. The van der Waals surface area contributed by atoms with Gasteiger partial charge in [0.25, 0.3) is 0 Å². The van der Waals surface area contributed by atoms with Gasteiger partial charge in [0.2, 0.25) is 0 Å². The van der Waals surface area contributed by atoms with Crippen LogP contribution in [0.25, 0.3) is 0 Å². The third kappa shape index (κ3) is 3.11. The highest BCUT2D eigenvalue weighted by Crippen LogP contribution is 2.54. The molecule has 3 atom stereocenters. The van der Waals surface area contributed by atoms with Gasteiger partial charge in [-0.2, -0.15) is 0 Å². The molecule has 3 nitrogen and oxygen atoms in total. The van der Waals surface area contributed by atoms with Crippen LogP contribution in [0.4, 0.5) is 0 Å². The molecule has 0 aromatic heterocycles. The Bertz CT molecular complexity index is 849. The smallest absolute Gasteiger partial charge is 0.182 e. The molecule has 0 spiro atoms. The Morgan fingerprint density at radius 2 is 1.43 bits per heavy atom. The lowest BCUT2D eigenvalue weighted by Crippen LogP contribution is -2.17. The van der Waals surface area contributed by atoms with Gasteiger partial charge in [-0.25, -0.2) is 8.42 Å². The minimum absolute atomic E-state index is 0.215. The van der Waals surface area contributed by atoms with Gasteiger partial charge in [0.15, 0.2) is 9.84 Å². The summed E-state index contributed by atoms with van der Waals surface area (Å²) in [6.45, 7) is 0. The van der Waals surface area contributed by atoms with E-state index >= 15 is 0 Å². The molecule has 0 unspecified atom stereocenters. The van der Waals surface area contributed by atoms with Gasteiger partial charge in [-0.05, 0) is 42.0 Å². The van der Waals surface area contributed by atoms with E-state index in [1.807, 2.05) is 12.1 Å². The first kappa shape index (κ1) is 16.7. The second-order valence-corrected chi connectivity index (χ2v) is 8.92. The van der Waals surface area contributed by atoms with E-state index in [0.717, 1.165) is 5.56 Å². The van der Waals surface area contributed by atoms with Crippen molar-refractivity contribution in [3.05, 3.63) is 64.1 Å². The molecule has 23 heavy (non-hydrogen) atoms. The topological polar surface area (TPSA) is 60.2 Å². The fourth-order valence-corrected chi connectivity index (χ4v) is 5.66. The van der Waals surface area contributed by atoms with E-state index in [2.05, 4.69) is 0 Å². The SMILES string of the molecule is NC(=S)[C@H]1[C@H](c2ccc(Cl)cc2)[C@@H]1S(=O)(=O)c1ccc(Cl)cc1. The number of hydrogen-bond donors (Lipinski definition) is 1. The van der Waals surface area contributed by atoms with Crippen molar-refractivity contribution in [3.8, 4) is 0 Å². The molecule has 0 bridgehead atoms. The zero-order valence-corrected chi connectivity index (χ0v) is 15.0. The Hall–Kier alpha value is -1.14. The number of hydrogen-bond acceptors (Lipinski definition) is 3. The van der Waals surface area contributed by atoms with Crippen molar-refractivity contribution < 1.29 is 8.42 Å². The lowest BCUT2D eigenvalue weighted by atomic mass is 10.1. The Kier molecular flexibility index (Phi) is 4.40. The zero-order valence-electron chi connectivity index (χ0n) is 11.8. The van der Waals surface area contributed by atoms with E-state index in [1.54, 1.807) is 24.3 Å². The van der Waals surface area contributed by atoms with Crippen LogP contribution >= 0.6 is 35.4 Å². The Morgan fingerprint density at radius 3 is 1.91 bits per heavy atom. The average molecular weight is 386 g/mol. The monoisotopic (exact) mass is 385 g/mol. The van der Waals surface area contributed by atoms with Crippen LogP contribution < -0.4 is 5.73 Å². The van der Waals surface area contributed by atoms with Crippen molar-refractivity contribution in [2.24, 2.45) is 11.7 Å². The molecule has 0 aliphatic heterocycles. The zero-order chi connectivity index (χ0) is 16.8. The molecular formula is C16H13Cl2NO2S2. The summed E-state index contributed by atoms with van der Waals surface area (Å²) in [5.41, 5.74) is 6.63. The Balaban J connectivity index is 1.98. The fourth-order valence-electron chi connectivity index (χ4n) is 2.87. The lowest BCUT2D eigenvalue weighted by molar-refractivity contribution is 0.593. The number of rotatable bonds is 4. The number of halogens is 2. The molecule has 1 saturated carbocycles. The van der Waals surface area contributed by atoms with Gasteiger partial charge < -0.3 is 5.73 Å². The third-order valence-corrected chi connectivity index (χ3v) is 7.05. The summed E-state index contributed by atoms with van der Waals surface area (Å²) < 4.78 is 25.8. The predicted molar refractivity (Wildman–Crippen MR) is 96.9 cm³/mol. The van der Waals surface area contributed by atoms with Crippen LogP contribution in [-0.4, -0.2) is 18.7 Å². The Labute approximate surface area is 150 Å². The normalized spacial score (nSPS) is 23.5. The molecule has 2 aromatic carbocycles. The van der Waals surface area contributed by atoms with Crippen LogP contribution in [0.5, 0.6) is 0 Å². The third-order valence-electron chi connectivity index (χ3n) is 4.04. The van der Waals surface area contributed by atoms with Crippen LogP contribution in [0.3, 0.4) is 0 Å². The molecule has 2 N–H and O–H groups in total. The van der Waals surface area contributed by atoms with Gasteiger partial charge in [0.1, 0.15) is 0 Å². The van der Waals surface area contributed by atoms with Crippen LogP contribution in [0.1, 0.15) is 11.5 Å². The summed E-state index contributed by atoms with van der Waals surface area (Å²) >= 11 is 16.8. The van der Waals surface area contributed by atoms with Crippen LogP contribution in [0.15, 0.2) is 53.4 Å². The summed E-state index contributed by atoms with van der Waals surface area (Å²) in [5, 5.41) is 0.431. The summed E-state index contributed by atoms with van der Waals surface area (Å²) in [5.74, 6) is -0.614. The molecule has 120 valence electrons. The fraction of sp³-hybridized carbons (Fsp3) is 0.188. The highest BCUT2D eigenvalue weighted by atomic mass is 35.5. The van der Waals surface area contributed by atoms with Crippen LogP contribution in [0, 0.1) is 5.92 Å². The van der Waals surface area contributed by atoms with Gasteiger partial charge in [-0.15, -0.1) is 0 Å². The van der Waals surface area contributed by atoms with Crippen LogP contribution in [-0.2, 0) is 9.84 Å². The van der Waals surface area contributed by atoms with Crippen molar-refractivity contribution >= 4 is 50.2 Å². The molecule has 0 saturated heterocycles. The minimum atomic E-state index is -3.54.